The number of alkyl halides is 3. The summed E-state index contributed by atoms with van der Waals surface area (Å²) in [6.07, 6.45) is -3.44. The number of fused-ring (bicyclic) bond motifs is 1. The lowest BCUT2D eigenvalue weighted by molar-refractivity contribution is -0.137. The number of rotatable bonds is 2. The van der Waals surface area contributed by atoms with Crippen molar-refractivity contribution in [3.8, 4) is 5.75 Å². The van der Waals surface area contributed by atoms with Crippen molar-refractivity contribution in [2.24, 2.45) is 0 Å². The van der Waals surface area contributed by atoms with E-state index in [9.17, 15) is 22.8 Å². The van der Waals surface area contributed by atoms with E-state index in [1.54, 1.807) is 9.80 Å². The van der Waals surface area contributed by atoms with E-state index in [4.69, 9.17) is 4.74 Å². The summed E-state index contributed by atoms with van der Waals surface area (Å²) in [5.41, 5.74) is 0.0589. The molecule has 2 aliphatic heterocycles. The molecule has 0 bridgehead atoms. The van der Waals surface area contributed by atoms with Crippen molar-refractivity contribution in [3.05, 3.63) is 90.0 Å². The molecule has 180 valence electrons. The Balaban J connectivity index is 1.35. The number of hydrogen-bond donors (Lipinski definition) is 0. The average molecular weight is 480 g/mol. The quantitative estimate of drug-likeness (QED) is 0.464. The van der Waals surface area contributed by atoms with Gasteiger partial charge in [-0.2, -0.15) is 13.2 Å². The van der Waals surface area contributed by atoms with Gasteiger partial charge in [-0.15, -0.1) is 0 Å². The van der Waals surface area contributed by atoms with Crippen LogP contribution in [0, 0.1) is 0 Å². The second-order valence-corrected chi connectivity index (χ2v) is 8.86. The van der Waals surface area contributed by atoms with E-state index in [1.165, 1.54) is 12.1 Å². The van der Waals surface area contributed by atoms with E-state index in [-0.39, 0.29) is 23.8 Å². The van der Waals surface area contributed by atoms with Gasteiger partial charge in [-0.25, -0.2) is 0 Å². The normalized spacial score (nSPS) is 17.5. The van der Waals surface area contributed by atoms with Gasteiger partial charge in [0.1, 0.15) is 11.4 Å². The van der Waals surface area contributed by atoms with Crippen molar-refractivity contribution in [3.63, 3.8) is 0 Å². The van der Waals surface area contributed by atoms with E-state index in [2.05, 4.69) is 0 Å². The summed E-state index contributed by atoms with van der Waals surface area (Å²) >= 11 is 0. The van der Waals surface area contributed by atoms with Crippen LogP contribution in [0.5, 0.6) is 5.75 Å². The van der Waals surface area contributed by atoms with Crippen LogP contribution in [0.4, 0.5) is 24.5 Å². The third kappa shape index (κ3) is 4.48. The summed E-state index contributed by atoms with van der Waals surface area (Å²) in [5.74, 6) is 0.174. The Bertz CT molecular complexity index is 1230. The SMILES string of the molecule is O=C(c1ccc(C(F)(F)F)cc1)N1CCC2(CC1)CC(=O)N(c1ccccc1)c1ccccc1O2. The highest BCUT2D eigenvalue weighted by Crippen LogP contribution is 2.43. The zero-order valence-electron chi connectivity index (χ0n) is 18.8. The number of piperidine rings is 1. The fraction of sp³-hybridized carbons (Fsp3) is 0.259. The molecular weight excluding hydrogens is 457 g/mol. The molecule has 1 saturated heterocycles. The van der Waals surface area contributed by atoms with Crippen LogP contribution in [-0.2, 0) is 11.0 Å². The number of anilines is 2. The molecule has 5 rings (SSSR count). The van der Waals surface area contributed by atoms with Crippen LogP contribution >= 0.6 is 0 Å². The monoisotopic (exact) mass is 480 g/mol. The second-order valence-electron chi connectivity index (χ2n) is 8.86. The Morgan fingerprint density at radius 2 is 1.49 bits per heavy atom. The Labute approximate surface area is 200 Å². The fourth-order valence-electron chi connectivity index (χ4n) is 4.73. The fourth-order valence-corrected chi connectivity index (χ4v) is 4.73. The van der Waals surface area contributed by atoms with Gasteiger partial charge in [0, 0.05) is 37.2 Å². The predicted octanol–water partition coefficient (Wildman–Crippen LogP) is 5.83. The maximum atomic E-state index is 13.5. The van der Waals surface area contributed by atoms with E-state index in [0.717, 1.165) is 17.8 Å². The van der Waals surface area contributed by atoms with E-state index in [1.807, 2.05) is 54.6 Å². The summed E-state index contributed by atoms with van der Waals surface area (Å²) in [7, 11) is 0. The van der Waals surface area contributed by atoms with Gasteiger partial charge in [-0.3, -0.25) is 14.5 Å². The first-order valence-corrected chi connectivity index (χ1v) is 11.4. The van der Waals surface area contributed by atoms with Gasteiger partial charge in [-0.05, 0) is 48.5 Å². The molecule has 2 heterocycles. The van der Waals surface area contributed by atoms with Crippen LogP contribution in [0.1, 0.15) is 35.2 Å². The number of para-hydroxylation sites is 3. The zero-order valence-corrected chi connectivity index (χ0v) is 18.8. The molecule has 3 aromatic carbocycles. The van der Waals surface area contributed by atoms with Gasteiger partial charge in [0.15, 0.2) is 0 Å². The minimum Gasteiger partial charge on any atom is -0.484 e. The van der Waals surface area contributed by atoms with Crippen molar-refractivity contribution in [2.75, 3.05) is 18.0 Å². The molecule has 0 atom stereocenters. The van der Waals surface area contributed by atoms with Gasteiger partial charge in [0.05, 0.1) is 17.7 Å². The largest absolute Gasteiger partial charge is 0.484 e. The lowest BCUT2D eigenvalue weighted by atomic mass is 9.87. The Kier molecular flexibility index (Phi) is 5.75. The molecule has 2 amide bonds. The molecule has 0 N–H and O–H groups in total. The number of benzene rings is 3. The van der Waals surface area contributed by atoms with Crippen LogP contribution in [0.15, 0.2) is 78.9 Å². The Morgan fingerprint density at radius 1 is 0.857 bits per heavy atom. The number of ether oxygens (including phenoxy) is 1. The molecular formula is C27H23F3N2O3. The third-order valence-corrected chi connectivity index (χ3v) is 6.59. The van der Waals surface area contributed by atoms with Crippen LogP contribution in [0.3, 0.4) is 0 Å². The van der Waals surface area contributed by atoms with Gasteiger partial charge in [0.2, 0.25) is 5.91 Å². The minimum absolute atomic E-state index is 0.0938. The molecule has 0 aromatic heterocycles. The number of carbonyl (C=O) groups is 2. The first kappa shape index (κ1) is 23.0. The summed E-state index contributed by atoms with van der Waals surface area (Å²) in [5, 5.41) is 0. The molecule has 0 unspecified atom stereocenters. The molecule has 3 aromatic rings. The predicted molar refractivity (Wildman–Crippen MR) is 125 cm³/mol. The number of halogens is 3. The van der Waals surface area contributed by atoms with Gasteiger partial charge in [-0.1, -0.05) is 30.3 Å². The standard InChI is InChI=1S/C27H23F3N2O3/c28-27(29,30)20-12-10-19(11-13-20)25(34)31-16-14-26(15-17-31)18-24(33)32(21-6-2-1-3-7-21)22-8-4-5-9-23(22)35-26/h1-13H,14-18H2. The van der Waals surface area contributed by atoms with Crippen molar-refractivity contribution in [1.29, 1.82) is 0 Å². The molecule has 0 saturated carbocycles. The van der Waals surface area contributed by atoms with Gasteiger partial charge in [0.25, 0.3) is 5.91 Å². The summed E-state index contributed by atoms with van der Waals surface area (Å²) in [4.78, 5) is 29.7. The van der Waals surface area contributed by atoms with Crippen molar-refractivity contribution >= 4 is 23.2 Å². The average Bonchev–Trinajstić information content (AvgIpc) is 2.97. The van der Waals surface area contributed by atoms with E-state index in [0.29, 0.717) is 37.4 Å². The molecule has 2 aliphatic rings. The summed E-state index contributed by atoms with van der Waals surface area (Å²) in [6, 6.07) is 21.0. The number of nitrogens with zero attached hydrogens (tertiary/aromatic N) is 2. The maximum Gasteiger partial charge on any atom is 0.416 e. The number of carbonyl (C=O) groups excluding carboxylic acids is 2. The molecule has 1 fully saturated rings. The molecule has 0 aliphatic carbocycles. The Hall–Kier alpha value is -3.81. The summed E-state index contributed by atoms with van der Waals surface area (Å²) in [6.45, 7) is 0.668. The van der Waals surface area contributed by atoms with Crippen molar-refractivity contribution < 1.29 is 27.5 Å². The number of likely N-dealkylation sites (tertiary alicyclic amines) is 1. The first-order valence-electron chi connectivity index (χ1n) is 11.4. The first-order chi connectivity index (χ1) is 16.8. The van der Waals surface area contributed by atoms with Gasteiger partial charge < -0.3 is 9.64 Å². The van der Waals surface area contributed by atoms with Crippen LogP contribution in [-0.4, -0.2) is 35.4 Å². The van der Waals surface area contributed by atoms with Crippen LogP contribution < -0.4 is 9.64 Å². The van der Waals surface area contributed by atoms with Crippen LogP contribution in [0.25, 0.3) is 0 Å². The molecule has 35 heavy (non-hydrogen) atoms. The van der Waals surface area contributed by atoms with Crippen molar-refractivity contribution in [1.82, 2.24) is 4.90 Å². The molecule has 1 spiro atoms. The lowest BCUT2D eigenvalue weighted by Gasteiger charge is -2.40. The number of amides is 2. The smallest absolute Gasteiger partial charge is 0.416 e. The second kappa shape index (κ2) is 8.76. The highest BCUT2D eigenvalue weighted by atomic mass is 19.4. The molecule has 5 nitrogen and oxygen atoms in total. The highest BCUT2D eigenvalue weighted by molar-refractivity contribution is 6.03. The maximum absolute atomic E-state index is 13.5. The molecule has 0 radical (unpaired) electrons. The third-order valence-electron chi connectivity index (χ3n) is 6.59. The van der Waals surface area contributed by atoms with Crippen LogP contribution in [0.2, 0.25) is 0 Å². The zero-order chi connectivity index (χ0) is 24.6. The highest BCUT2D eigenvalue weighted by Gasteiger charge is 2.44. The molecule has 8 heteroatoms. The minimum atomic E-state index is -4.45. The van der Waals surface area contributed by atoms with Crippen molar-refractivity contribution in [2.45, 2.75) is 31.0 Å². The Morgan fingerprint density at radius 3 is 2.14 bits per heavy atom. The van der Waals surface area contributed by atoms with E-state index >= 15 is 0 Å². The topological polar surface area (TPSA) is 49.9 Å². The summed E-state index contributed by atoms with van der Waals surface area (Å²) < 4.78 is 45.0. The lowest BCUT2D eigenvalue weighted by Crippen LogP contribution is -2.51. The number of hydrogen-bond acceptors (Lipinski definition) is 3. The van der Waals surface area contributed by atoms with E-state index < -0.39 is 17.3 Å². The van der Waals surface area contributed by atoms with Gasteiger partial charge >= 0.3 is 6.18 Å².